The van der Waals surface area contributed by atoms with E-state index < -0.39 is 10.0 Å². The molecule has 21 heavy (non-hydrogen) atoms. The summed E-state index contributed by atoms with van der Waals surface area (Å²) in [6.07, 6.45) is 2.78. The second kappa shape index (κ2) is 6.50. The Hall–Kier alpha value is -0.214. The first kappa shape index (κ1) is 17.1. The van der Waals surface area contributed by atoms with Gasteiger partial charge in [-0.3, -0.25) is 3.97 Å². The zero-order chi connectivity index (χ0) is 14.3. The average molecular weight is 345 g/mol. The molecule has 0 bridgehead atoms. The van der Waals surface area contributed by atoms with Crippen molar-refractivity contribution >= 4 is 32.7 Å². The van der Waals surface area contributed by atoms with E-state index in [9.17, 15) is 8.42 Å². The van der Waals surface area contributed by atoms with Crippen LogP contribution in [-0.2, 0) is 10.0 Å². The number of halogens is 1. The Morgan fingerprint density at radius 1 is 1.24 bits per heavy atom. The largest absolute Gasteiger partial charge is 1.00 e. The summed E-state index contributed by atoms with van der Waals surface area (Å²) < 4.78 is 26.3. The van der Waals surface area contributed by atoms with Crippen LogP contribution in [0.2, 0.25) is 5.02 Å². The second-order valence-electron chi connectivity index (χ2n) is 4.41. The molecule has 0 atom stereocenters. The third kappa shape index (κ3) is 3.26. The first-order valence-electron chi connectivity index (χ1n) is 5.85. The molecule has 3 aromatic rings. The quantitative estimate of drug-likeness (QED) is 0.487. The zero-order valence-electron chi connectivity index (χ0n) is 11.5. The van der Waals surface area contributed by atoms with E-state index in [4.69, 9.17) is 11.6 Å². The number of hydrogen-bond donors (Lipinski definition) is 0. The molecule has 0 saturated carbocycles. The van der Waals surface area contributed by atoms with Crippen molar-refractivity contribution in [3.8, 4) is 0 Å². The van der Waals surface area contributed by atoms with E-state index in [1.54, 1.807) is 30.3 Å². The standard InChI is InChI=1S/C14H10ClN2O2S.K/c1-10-2-4-13(5-3-10)20(18,19)17-7-6-11-8-12(15)9-16-14(11)17;/h2-5,7-9H,1H3;/q-1;+1. The minimum atomic E-state index is -3.67. The van der Waals surface area contributed by atoms with Gasteiger partial charge < -0.3 is 4.98 Å². The summed E-state index contributed by atoms with van der Waals surface area (Å²) in [5.74, 6) is 0. The predicted octanol–water partition coefficient (Wildman–Crippen LogP) is 0.0393. The number of fused-ring (bicyclic) bond motifs is 1. The first-order chi connectivity index (χ1) is 9.48. The van der Waals surface area contributed by atoms with Crippen LogP contribution in [0.5, 0.6) is 0 Å². The van der Waals surface area contributed by atoms with E-state index in [2.05, 4.69) is 11.1 Å². The van der Waals surface area contributed by atoms with Crippen LogP contribution in [0.4, 0.5) is 0 Å². The minimum absolute atomic E-state index is 0. The first-order valence-corrected chi connectivity index (χ1v) is 7.67. The van der Waals surface area contributed by atoms with Crippen molar-refractivity contribution in [3.05, 3.63) is 59.4 Å². The number of hydrogen-bond acceptors (Lipinski definition) is 3. The van der Waals surface area contributed by atoms with E-state index in [1.165, 1.54) is 12.4 Å². The van der Waals surface area contributed by atoms with Gasteiger partial charge in [-0.25, -0.2) is 8.42 Å². The van der Waals surface area contributed by atoms with Crippen LogP contribution >= 0.6 is 11.6 Å². The minimum Gasteiger partial charge on any atom is -0.302 e. The number of aryl methyl sites for hydroxylation is 1. The molecule has 0 aliphatic heterocycles. The van der Waals surface area contributed by atoms with Crippen LogP contribution in [-0.4, -0.2) is 17.4 Å². The predicted molar refractivity (Wildman–Crippen MR) is 77.3 cm³/mol. The molecule has 1 aromatic carbocycles. The van der Waals surface area contributed by atoms with E-state index >= 15 is 0 Å². The van der Waals surface area contributed by atoms with Crippen LogP contribution in [0.1, 0.15) is 5.56 Å². The number of rotatable bonds is 2. The van der Waals surface area contributed by atoms with Crippen molar-refractivity contribution in [1.82, 2.24) is 8.96 Å². The summed E-state index contributed by atoms with van der Waals surface area (Å²) >= 11 is 5.84. The maximum absolute atomic E-state index is 12.6. The van der Waals surface area contributed by atoms with Gasteiger partial charge >= 0.3 is 51.4 Å². The second-order valence-corrected chi connectivity index (χ2v) is 6.66. The van der Waals surface area contributed by atoms with Gasteiger partial charge in [0.15, 0.2) is 0 Å². The number of aromatic nitrogens is 2. The fourth-order valence-electron chi connectivity index (χ4n) is 1.91. The molecular formula is C14H10ClKN2O2S. The van der Waals surface area contributed by atoms with Gasteiger partial charge in [-0.15, -0.1) is 11.5 Å². The molecule has 2 aromatic heterocycles. The van der Waals surface area contributed by atoms with Crippen molar-refractivity contribution in [2.24, 2.45) is 0 Å². The van der Waals surface area contributed by atoms with Gasteiger partial charge in [0.05, 0.1) is 4.90 Å². The third-order valence-corrected chi connectivity index (χ3v) is 4.83. The van der Waals surface area contributed by atoms with Crippen molar-refractivity contribution in [3.63, 3.8) is 0 Å². The molecule has 0 aliphatic rings. The fourth-order valence-corrected chi connectivity index (χ4v) is 3.34. The van der Waals surface area contributed by atoms with Gasteiger partial charge in [-0.1, -0.05) is 29.3 Å². The number of pyridine rings is 1. The summed E-state index contributed by atoms with van der Waals surface area (Å²) in [7, 11) is -3.67. The summed E-state index contributed by atoms with van der Waals surface area (Å²) in [6, 6.07) is 11.1. The van der Waals surface area contributed by atoms with E-state index in [-0.39, 0.29) is 56.3 Å². The Morgan fingerprint density at radius 3 is 2.57 bits per heavy atom. The molecule has 2 heterocycles. The van der Waals surface area contributed by atoms with Crippen molar-refractivity contribution in [2.75, 3.05) is 0 Å². The molecule has 0 fully saturated rings. The number of benzene rings is 1. The molecule has 0 N–H and O–H groups in total. The summed E-state index contributed by atoms with van der Waals surface area (Å²) in [5.41, 5.74) is 1.31. The normalized spacial score (nSPS) is 11.3. The Kier molecular flexibility index (Phi) is 5.30. The summed E-state index contributed by atoms with van der Waals surface area (Å²) in [5, 5.41) is 1.01. The van der Waals surface area contributed by atoms with Gasteiger partial charge in [-0.05, 0) is 25.3 Å². The molecule has 0 spiro atoms. The van der Waals surface area contributed by atoms with Crippen LogP contribution in [0, 0.1) is 13.0 Å². The van der Waals surface area contributed by atoms with E-state index in [1.807, 2.05) is 6.92 Å². The number of nitrogens with zero attached hydrogens (tertiary/aromatic N) is 2. The molecular weight excluding hydrogens is 335 g/mol. The molecule has 7 heteroatoms. The van der Waals surface area contributed by atoms with Crippen LogP contribution in [0.25, 0.3) is 11.0 Å². The van der Waals surface area contributed by atoms with Gasteiger partial charge in [-0.2, -0.15) is 6.07 Å². The monoisotopic (exact) mass is 344 g/mol. The van der Waals surface area contributed by atoms with Gasteiger partial charge in [0.2, 0.25) is 0 Å². The SMILES string of the molecule is Cc1ccc(S(=O)(=O)n2c[c-]c3cc(Cl)cnc32)cc1.[K+]. The Bertz CT molecular complexity index is 889. The van der Waals surface area contributed by atoms with Crippen molar-refractivity contribution in [2.45, 2.75) is 11.8 Å². The van der Waals surface area contributed by atoms with E-state index in [0.29, 0.717) is 16.1 Å². The van der Waals surface area contributed by atoms with Crippen LogP contribution in [0.3, 0.4) is 0 Å². The average Bonchev–Trinajstić information content (AvgIpc) is 2.82. The molecule has 4 nitrogen and oxygen atoms in total. The van der Waals surface area contributed by atoms with E-state index in [0.717, 1.165) is 9.54 Å². The maximum atomic E-state index is 12.6. The van der Waals surface area contributed by atoms with Crippen molar-refractivity contribution < 1.29 is 59.8 Å². The van der Waals surface area contributed by atoms with Crippen LogP contribution in [0.15, 0.2) is 47.6 Å². The molecule has 0 radical (unpaired) electrons. The summed E-state index contributed by atoms with van der Waals surface area (Å²) in [6.45, 7) is 1.90. The maximum Gasteiger partial charge on any atom is 1.00 e. The summed E-state index contributed by atoms with van der Waals surface area (Å²) in [4.78, 5) is 4.28. The van der Waals surface area contributed by atoms with Crippen molar-refractivity contribution in [1.29, 1.82) is 0 Å². The fraction of sp³-hybridized carbons (Fsp3) is 0.0714. The molecule has 102 valence electrons. The Morgan fingerprint density at radius 2 is 1.90 bits per heavy atom. The topological polar surface area (TPSA) is 52.0 Å². The van der Waals surface area contributed by atoms with Gasteiger partial charge in [0, 0.05) is 16.9 Å². The molecule has 0 saturated heterocycles. The zero-order valence-corrected chi connectivity index (χ0v) is 16.2. The van der Waals surface area contributed by atoms with Gasteiger partial charge in [0.25, 0.3) is 10.0 Å². The Labute approximate surface area is 170 Å². The molecule has 0 aliphatic carbocycles. The van der Waals surface area contributed by atoms with Gasteiger partial charge in [0.1, 0.15) is 0 Å². The molecule has 0 amide bonds. The Balaban J connectivity index is 0.00000161. The molecule has 0 unspecified atom stereocenters. The smallest absolute Gasteiger partial charge is 0.302 e. The molecule has 3 rings (SSSR count). The van der Waals surface area contributed by atoms with Crippen LogP contribution < -0.4 is 51.4 Å². The third-order valence-electron chi connectivity index (χ3n) is 2.96.